The minimum absolute atomic E-state index is 0.371. The number of nitrogens with one attached hydrogen (secondary N) is 1. The van der Waals surface area contributed by atoms with Crippen molar-refractivity contribution < 1.29 is 9.84 Å². The number of rotatable bonds is 6. The van der Waals surface area contributed by atoms with Crippen molar-refractivity contribution in [3.8, 4) is 0 Å². The zero-order valence-electron chi connectivity index (χ0n) is 12.2. The van der Waals surface area contributed by atoms with Crippen molar-refractivity contribution >= 4 is 0 Å². The Hall–Kier alpha value is -0.380. The van der Waals surface area contributed by atoms with E-state index in [9.17, 15) is 5.11 Å². The molecule has 0 aromatic rings. The summed E-state index contributed by atoms with van der Waals surface area (Å²) in [7, 11) is 0. The summed E-state index contributed by atoms with van der Waals surface area (Å²) in [5, 5.41) is 13.4. The molecule has 0 aromatic heterocycles. The van der Waals surface area contributed by atoms with E-state index in [1.54, 1.807) is 0 Å². The summed E-state index contributed by atoms with van der Waals surface area (Å²) in [4.78, 5) is 0. The molecule has 0 heterocycles. The highest BCUT2D eigenvalue weighted by molar-refractivity contribution is 4.93. The van der Waals surface area contributed by atoms with Crippen molar-refractivity contribution in [2.75, 3.05) is 13.2 Å². The number of hydrogen-bond donors (Lipinski definition) is 2. The van der Waals surface area contributed by atoms with Gasteiger partial charge in [0.2, 0.25) is 0 Å². The molecule has 0 aliphatic heterocycles. The maximum Gasteiger partial charge on any atom is 0.0897 e. The summed E-state index contributed by atoms with van der Waals surface area (Å²) < 4.78 is 5.85. The first-order valence-electron chi connectivity index (χ1n) is 7.92. The predicted octanol–water partition coefficient (Wildman–Crippen LogP) is 2.64. The van der Waals surface area contributed by atoms with E-state index < -0.39 is 0 Å². The van der Waals surface area contributed by atoms with Gasteiger partial charge in [0.25, 0.3) is 0 Å². The van der Waals surface area contributed by atoms with E-state index in [2.05, 4.69) is 24.4 Å². The van der Waals surface area contributed by atoms with Crippen molar-refractivity contribution in [2.45, 2.75) is 70.1 Å². The third-order valence-electron chi connectivity index (χ3n) is 4.32. The van der Waals surface area contributed by atoms with Gasteiger partial charge >= 0.3 is 0 Å². The van der Waals surface area contributed by atoms with E-state index in [1.807, 2.05) is 0 Å². The highest BCUT2D eigenvalue weighted by atomic mass is 16.5. The second kappa shape index (κ2) is 8.03. The first-order chi connectivity index (χ1) is 9.24. The zero-order chi connectivity index (χ0) is 13.5. The normalized spacial score (nSPS) is 33.3. The molecule has 1 fully saturated rings. The van der Waals surface area contributed by atoms with Gasteiger partial charge in [0, 0.05) is 12.6 Å². The Morgan fingerprint density at radius 2 is 2.21 bits per heavy atom. The molecule has 0 radical (unpaired) electrons. The van der Waals surface area contributed by atoms with Crippen LogP contribution in [0.3, 0.4) is 0 Å². The van der Waals surface area contributed by atoms with E-state index in [0.717, 1.165) is 31.6 Å². The van der Waals surface area contributed by atoms with Crippen LogP contribution in [-0.2, 0) is 4.74 Å². The molecule has 2 N–H and O–H groups in total. The van der Waals surface area contributed by atoms with Crippen LogP contribution in [-0.4, -0.2) is 36.5 Å². The molecule has 3 heteroatoms. The number of hydrogen-bond acceptors (Lipinski definition) is 3. The van der Waals surface area contributed by atoms with E-state index >= 15 is 0 Å². The van der Waals surface area contributed by atoms with Crippen LogP contribution >= 0.6 is 0 Å². The van der Waals surface area contributed by atoms with Gasteiger partial charge in [-0.1, -0.05) is 31.9 Å². The summed E-state index contributed by atoms with van der Waals surface area (Å²) in [6.07, 6.45) is 12.8. The third-order valence-corrected chi connectivity index (χ3v) is 4.32. The third kappa shape index (κ3) is 5.64. The fraction of sp³-hybridized carbons (Fsp3) is 0.875. The summed E-state index contributed by atoms with van der Waals surface area (Å²) >= 11 is 0. The van der Waals surface area contributed by atoms with Gasteiger partial charge in [0.1, 0.15) is 0 Å². The first kappa shape index (κ1) is 15.0. The van der Waals surface area contributed by atoms with Crippen LogP contribution in [0.1, 0.15) is 51.9 Å². The second-order valence-corrected chi connectivity index (χ2v) is 6.27. The molecule has 4 unspecified atom stereocenters. The van der Waals surface area contributed by atoms with Crippen LogP contribution in [0, 0.1) is 5.92 Å². The van der Waals surface area contributed by atoms with Gasteiger partial charge in [-0.3, -0.25) is 0 Å². The number of allylic oxidation sites excluding steroid dienone is 1. The molecule has 2 rings (SSSR count). The van der Waals surface area contributed by atoms with Crippen LogP contribution < -0.4 is 5.32 Å². The maximum atomic E-state index is 9.97. The summed E-state index contributed by atoms with van der Waals surface area (Å²) in [5.41, 5.74) is 0. The van der Waals surface area contributed by atoms with E-state index in [0.29, 0.717) is 25.3 Å². The molecule has 0 spiro atoms. The Balaban J connectivity index is 1.56. The highest BCUT2D eigenvalue weighted by Gasteiger charge is 2.20. The fourth-order valence-corrected chi connectivity index (χ4v) is 3.12. The van der Waals surface area contributed by atoms with Gasteiger partial charge < -0.3 is 15.2 Å². The molecule has 0 saturated heterocycles. The van der Waals surface area contributed by atoms with Gasteiger partial charge in [-0.15, -0.1) is 0 Å². The molecule has 2 aliphatic rings. The minimum atomic E-state index is -0.372. The van der Waals surface area contributed by atoms with Gasteiger partial charge in [-0.2, -0.15) is 0 Å². The van der Waals surface area contributed by atoms with Crippen molar-refractivity contribution in [1.29, 1.82) is 0 Å². The van der Waals surface area contributed by atoms with Crippen molar-refractivity contribution in [2.24, 2.45) is 5.92 Å². The van der Waals surface area contributed by atoms with Crippen LogP contribution in [0.5, 0.6) is 0 Å². The van der Waals surface area contributed by atoms with Crippen LogP contribution in [0.25, 0.3) is 0 Å². The summed E-state index contributed by atoms with van der Waals surface area (Å²) in [6, 6.07) is 0.536. The molecule has 0 amide bonds. The van der Waals surface area contributed by atoms with Crippen molar-refractivity contribution in [1.82, 2.24) is 5.32 Å². The SMILES string of the molecule is CC1CCCC(OCC(O)CNC2CC=CCC2)C1. The lowest BCUT2D eigenvalue weighted by Gasteiger charge is -2.28. The van der Waals surface area contributed by atoms with Gasteiger partial charge in [-0.05, 0) is 38.0 Å². The lowest BCUT2D eigenvalue weighted by Crippen LogP contribution is -2.38. The second-order valence-electron chi connectivity index (χ2n) is 6.27. The standard InChI is InChI=1S/C16H29NO2/c1-13-6-5-9-16(10-13)19-12-15(18)11-17-14-7-3-2-4-8-14/h2-3,13-18H,4-12H2,1H3. The van der Waals surface area contributed by atoms with Gasteiger partial charge in [0.05, 0.1) is 18.8 Å². The molecule has 1 saturated carbocycles. The Morgan fingerprint density at radius 3 is 2.95 bits per heavy atom. The molecule has 19 heavy (non-hydrogen) atoms. The summed E-state index contributed by atoms with van der Waals surface area (Å²) in [6.45, 7) is 3.43. The first-order valence-corrected chi connectivity index (χ1v) is 7.92. The Morgan fingerprint density at radius 1 is 1.32 bits per heavy atom. The van der Waals surface area contributed by atoms with Gasteiger partial charge in [0.15, 0.2) is 0 Å². The molecular weight excluding hydrogens is 238 g/mol. The van der Waals surface area contributed by atoms with Crippen LogP contribution in [0.2, 0.25) is 0 Å². The average Bonchev–Trinajstić information content (AvgIpc) is 2.44. The number of aliphatic hydroxyl groups is 1. The Kier molecular flexibility index (Phi) is 6.35. The van der Waals surface area contributed by atoms with Gasteiger partial charge in [-0.25, -0.2) is 0 Å². The molecule has 2 aliphatic carbocycles. The monoisotopic (exact) mass is 267 g/mol. The Labute approximate surface area is 117 Å². The molecule has 4 atom stereocenters. The van der Waals surface area contributed by atoms with Crippen LogP contribution in [0.4, 0.5) is 0 Å². The molecule has 110 valence electrons. The quantitative estimate of drug-likeness (QED) is 0.727. The highest BCUT2D eigenvalue weighted by Crippen LogP contribution is 2.25. The molecule has 0 bridgehead atoms. The van der Waals surface area contributed by atoms with Crippen LogP contribution in [0.15, 0.2) is 12.2 Å². The topological polar surface area (TPSA) is 41.5 Å². The number of ether oxygens (including phenoxy) is 1. The lowest BCUT2D eigenvalue weighted by molar-refractivity contribution is -0.0312. The summed E-state index contributed by atoms with van der Waals surface area (Å²) in [5.74, 6) is 0.781. The van der Waals surface area contributed by atoms with E-state index in [-0.39, 0.29) is 6.10 Å². The lowest BCUT2D eigenvalue weighted by atomic mass is 9.89. The van der Waals surface area contributed by atoms with Crippen molar-refractivity contribution in [3.63, 3.8) is 0 Å². The maximum absolute atomic E-state index is 9.97. The Bertz CT molecular complexity index is 280. The predicted molar refractivity (Wildman–Crippen MR) is 78.2 cm³/mol. The largest absolute Gasteiger partial charge is 0.389 e. The molecular formula is C16H29NO2. The number of aliphatic hydroxyl groups excluding tert-OH is 1. The minimum Gasteiger partial charge on any atom is -0.389 e. The van der Waals surface area contributed by atoms with E-state index in [1.165, 1.54) is 19.3 Å². The fourth-order valence-electron chi connectivity index (χ4n) is 3.12. The zero-order valence-corrected chi connectivity index (χ0v) is 12.2. The molecule has 0 aromatic carbocycles. The van der Waals surface area contributed by atoms with E-state index in [4.69, 9.17) is 4.74 Å². The van der Waals surface area contributed by atoms with Crippen molar-refractivity contribution in [3.05, 3.63) is 12.2 Å². The molecule has 3 nitrogen and oxygen atoms in total. The average molecular weight is 267 g/mol. The smallest absolute Gasteiger partial charge is 0.0897 e.